The van der Waals surface area contributed by atoms with Gasteiger partial charge in [-0.15, -0.1) is 0 Å². The molecular formula is C23H20Cl2N4O4. The minimum Gasteiger partial charge on any atom is -0.858 e. The summed E-state index contributed by atoms with van der Waals surface area (Å²) in [7, 11) is 1.48. The summed E-state index contributed by atoms with van der Waals surface area (Å²) in [6, 6.07) is 9.96. The summed E-state index contributed by atoms with van der Waals surface area (Å²) in [6.45, 7) is 2.06. The van der Waals surface area contributed by atoms with E-state index in [1.165, 1.54) is 22.4 Å². The van der Waals surface area contributed by atoms with Gasteiger partial charge in [-0.25, -0.2) is 4.68 Å². The second-order valence-electron chi connectivity index (χ2n) is 7.25. The standard InChI is InChI=1S/C23H20Cl2N4O4/c1-3-17-18(22(31)29(26-17)14-7-8-15(24)16(25)13-14)19-20(27-9-5-4-6-10-27)23(32)28(21(19)30)11-12-33-2/h4-10,13H,3,11-12H2,1-2H3. The number of ether oxygens (including phenoxy) is 1. The number of hydrogen-bond donors (Lipinski definition) is 0. The Labute approximate surface area is 200 Å². The highest BCUT2D eigenvalue weighted by atomic mass is 35.5. The van der Waals surface area contributed by atoms with Crippen molar-refractivity contribution in [1.29, 1.82) is 0 Å². The van der Waals surface area contributed by atoms with Crippen LogP contribution in [0.5, 0.6) is 5.88 Å². The predicted octanol–water partition coefficient (Wildman–Crippen LogP) is 2.49. The van der Waals surface area contributed by atoms with Crippen molar-refractivity contribution in [1.82, 2.24) is 14.7 Å². The van der Waals surface area contributed by atoms with Crippen molar-refractivity contribution < 1.29 is 24.0 Å². The minimum atomic E-state index is -0.566. The SMILES string of the molecule is CCc1nn(-c2ccc(Cl)c(Cl)c2)c([O-])c1C1=C([n+]2ccccc2)C(=O)N(CCOC)C1=O. The molecule has 0 fully saturated rings. The molecule has 0 N–H and O–H groups in total. The van der Waals surface area contributed by atoms with Crippen molar-refractivity contribution in [2.24, 2.45) is 0 Å². The van der Waals surface area contributed by atoms with Crippen LogP contribution in [0.25, 0.3) is 17.0 Å². The van der Waals surface area contributed by atoms with Crippen LogP contribution >= 0.6 is 23.2 Å². The number of methoxy groups -OCH3 is 1. The van der Waals surface area contributed by atoms with Crippen molar-refractivity contribution >= 4 is 46.3 Å². The van der Waals surface area contributed by atoms with E-state index < -0.39 is 17.7 Å². The maximum Gasteiger partial charge on any atom is 0.326 e. The Morgan fingerprint density at radius 1 is 1.09 bits per heavy atom. The quantitative estimate of drug-likeness (QED) is 0.377. The van der Waals surface area contributed by atoms with Gasteiger partial charge in [-0.3, -0.25) is 14.5 Å². The number of aromatic nitrogens is 3. The third kappa shape index (κ3) is 4.01. The van der Waals surface area contributed by atoms with Gasteiger partial charge in [0, 0.05) is 24.8 Å². The average molecular weight is 487 g/mol. The summed E-state index contributed by atoms with van der Waals surface area (Å²) in [5, 5.41) is 18.6. The lowest BCUT2D eigenvalue weighted by molar-refractivity contribution is -0.576. The van der Waals surface area contributed by atoms with Crippen LogP contribution in [0.1, 0.15) is 18.2 Å². The zero-order valence-corrected chi connectivity index (χ0v) is 19.4. The Morgan fingerprint density at radius 2 is 1.82 bits per heavy atom. The van der Waals surface area contributed by atoms with Gasteiger partial charge in [0.1, 0.15) is 5.57 Å². The number of nitrogens with zero attached hydrogens (tertiary/aromatic N) is 4. The Balaban J connectivity index is 1.95. The lowest BCUT2D eigenvalue weighted by atomic mass is 10.0. The Morgan fingerprint density at radius 3 is 2.45 bits per heavy atom. The van der Waals surface area contributed by atoms with Crippen molar-refractivity contribution in [3.63, 3.8) is 0 Å². The van der Waals surface area contributed by atoms with Crippen LogP contribution in [-0.2, 0) is 20.7 Å². The fraction of sp³-hybridized carbons (Fsp3) is 0.217. The topological polar surface area (TPSA) is 91.4 Å². The van der Waals surface area contributed by atoms with E-state index in [-0.39, 0.29) is 35.0 Å². The highest BCUT2D eigenvalue weighted by Crippen LogP contribution is 2.37. The number of hydrogen-bond acceptors (Lipinski definition) is 5. The molecule has 33 heavy (non-hydrogen) atoms. The predicted molar refractivity (Wildman–Crippen MR) is 121 cm³/mol. The summed E-state index contributed by atoms with van der Waals surface area (Å²) in [5.41, 5.74) is 0.994. The smallest absolute Gasteiger partial charge is 0.326 e. The van der Waals surface area contributed by atoms with Crippen LogP contribution in [0.2, 0.25) is 10.0 Å². The molecule has 10 heteroatoms. The molecule has 0 bridgehead atoms. The molecule has 170 valence electrons. The Kier molecular flexibility index (Phi) is 6.51. The van der Waals surface area contributed by atoms with Crippen LogP contribution in [0.3, 0.4) is 0 Å². The summed E-state index contributed by atoms with van der Waals surface area (Å²) < 4.78 is 7.77. The third-order valence-electron chi connectivity index (χ3n) is 5.28. The molecule has 0 aliphatic carbocycles. The molecule has 0 atom stereocenters. The number of imide groups is 1. The zero-order valence-electron chi connectivity index (χ0n) is 17.9. The molecule has 0 saturated heterocycles. The third-order valence-corrected chi connectivity index (χ3v) is 6.02. The van der Waals surface area contributed by atoms with Gasteiger partial charge < -0.3 is 9.84 Å². The lowest BCUT2D eigenvalue weighted by Gasteiger charge is -2.15. The molecule has 0 spiro atoms. The van der Waals surface area contributed by atoms with E-state index in [4.69, 9.17) is 27.9 Å². The molecule has 0 radical (unpaired) electrons. The first-order chi connectivity index (χ1) is 15.9. The molecule has 3 aromatic rings. The molecule has 0 unspecified atom stereocenters. The molecule has 2 aromatic heterocycles. The zero-order chi connectivity index (χ0) is 23.7. The number of benzene rings is 1. The number of pyridine rings is 1. The minimum absolute atomic E-state index is 0.0143. The normalized spacial score (nSPS) is 14.0. The largest absolute Gasteiger partial charge is 0.858 e. The summed E-state index contributed by atoms with van der Waals surface area (Å²) >= 11 is 12.1. The second-order valence-corrected chi connectivity index (χ2v) is 8.07. The van der Waals surface area contributed by atoms with Crippen LogP contribution in [0.15, 0.2) is 48.8 Å². The summed E-state index contributed by atoms with van der Waals surface area (Å²) in [6.07, 6.45) is 3.67. The molecule has 1 aliphatic heterocycles. The molecule has 1 aliphatic rings. The van der Waals surface area contributed by atoms with Crippen molar-refractivity contribution in [3.05, 3.63) is 70.1 Å². The van der Waals surface area contributed by atoms with Gasteiger partial charge in [-0.05, 0) is 30.5 Å². The van der Waals surface area contributed by atoms with E-state index in [1.807, 2.05) is 6.92 Å². The van der Waals surface area contributed by atoms with Crippen molar-refractivity contribution in [2.75, 3.05) is 20.3 Å². The van der Waals surface area contributed by atoms with E-state index in [2.05, 4.69) is 5.10 Å². The monoisotopic (exact) mass is 486 g/mol. The van der Waals surface area contributed by atoms with Crippen molar-refractivity contribution in [3.8, 4) is 11.6 Å². The van der Waals surface area contributed by atoms with Gasteiger partial charge in [-0.1, -0.05) is 36.2 Å². The van der Waals surface area contributed by atoms with Crippen LogP contribution in [-0.4, -0.2) is 46.8 Å². The number of halogens is 2. The van der Waals surface area contributed by atoms with Gasteiger partial charge in [0.05, 0.1) is 34.6 Å². The van der Waals surface area contributed by atoms with Gasteiger partial charge >= 0.3 is 5.91 Å². The van der Waals surface area contributed by atoms with E-state index in [0.717, 1.165) is 4.90 Å². The van der Waals surface area contributed by atoms with E-state index in [1.54, 1.807) is 42.7 Å². The summed E-state index contributed by atoms with van der Waals surface area (Å²) in [5.74, 6) is -1.60. The molecule has 2 amide bonds. The summed E-state index contributed by atoms with van der Waals surface area (Å²) in [4.78, 5) is 27.8. The molecule has 8 nitrogen and oxygen atoms in total. The van der Waals surface area contributed by atoms with Crippen LogP contribution < -0.4 is 9.67 Å². The van der Waals surface area contributed by atoms with E-state index >= 15 is 0 Å². The highest BCUT2D eigenvalue weighted by Gasteiger charge is 2.46. The molecule has 3 heterocycles. The number of carbonyl (C=O) groups is 2. The first-order valence-corrected chi connectivity index (χ1v) is 10.9. The van der Waals surface area contributed by atoms with Crippen LogP contribution in [0, 0.1) is 0 Å². The molecule has 4 rings (SSSR count). The molecule has 1 aromatic carbocycles. The Hall–Kier alpha value is -3.20. The van der Waals surface area contributed by atoms with Gasteiger partial charge in [0.2, 0.25) is 0 Å². The van der Waals surface area contributed by atoms with E-state index in [0.29, 0.717) is 22.8 Å². The lowest BCUT2D eigenvalue weighted by Crippen LogP contribution is -2.40. The fourth-order valence-electron chi connectivity index (χ4n) is 3.70. The number of rotatable bonds is 7. The molecular weight excluding hydrogens is 467 g/mol. The first kappa shape index (κ1) is 23.0. The van der Waals surface area contributed by atoms with E-state index in [9.17, 15) is 14.7 Å². The number of amides is 2. The van der Waals surface area contributed by atoms with Crippen molar-refractivity contribution in [2.45, 2.75) is 13.3 Å². The maximum atomic E-state index is 13.6. The van der Waals surface area contributed by atoms with Gasteiger partial charge in [0.25, 0.3) is 11.6 Å². The first-order valence-electron chi connectivity index (χ1n) is 10.2. The Bertz CT molecular complexity index is 1270. The van der Waals surface area contributed by atoms with Crippen LogP contribution in [0.4, 0.5) is 0 Å². The highest BCUT2D eigenvalue weighted by molar-refractivity contribution is 6.45. The number of carbonyl (C=O) groups excluding carboxylic acids is 2. The second kappa shape index (κ2) is 9.35. The maximum absolute atomic E-state index is 13.6. The van der Waals surface area contributed by atoms with Gasteiger partial charge in [-0.2, -0.15) is 9.67 Å². The number of aryl methyl sites for hydroxylation is 1. The average Bonchev–Trinajstić information content (AvgIpc) is 3.27. The fourth-order valence-corrected chi connectivity index (χ4v) is 3.99. The van der Waals surface area contributed by atoms with Gasteiger partial charge in [0.15, 0.2) is 12.4 Å². The molecule has 0 saturated carbocycles.